The molecule has 5 nitrogen and oxygen atoms in total. The van der Waals surface area contributed by atoms with Crippen LogP contribution in [0.15, 0.2) is 12.4 Å². The highest BCUT2D eigenvalue weighted by molar-refractivity contribution is 5.69. The van der Waals surface area contributed by atoms with Crippen LogP contribution in [0.5, 0.6) is 0 Å². The molecule has 2 heterocycles. The van der Waals surface area contributed by atoms with Gasteiger partial charge in [0.1, 0.15) is 0 Å². The maximum atomic E-state index is 10.5. The van der Waals surface area contributed by atoms with Gasteiger partial charge in [-0.25, -0.2) is 9.97 Å². The van der Waals surface area contributed by atoms with Gasteiger partial charge in [0.05, 0.1) is 12.1 Å². The summed E-state index contributed by atoms with van der Waals surface area (Å²) in [5.41, 5.74) is 2.50. The van der Waals surface area contributed by atoms with Gasteiger partial charge in [-0.1, -0.05) is 0 Å². The SMILES string of the molecule is Cc1cn2cc(CC(=O)O)nc2nc1C. The van der Waals surface area contributed by atoms with Crippen molar-refractivity contribution in [1.82, 2.24) is 14.4 Å². The second-order valence-electron chi connectivity index (χ2n) is 3.52. The first kappa shape index (κ1) is 9.64. The van der Waals surface area contributed by atoms with Crippen molar-refractivity contribution < 1.29 is 9.90 Å². The third-order valence-electron chi connectivity index (χ3n) is 2.27. The molecular weight excluding hydrogens is 194 g/mol. The third-order valence-corrected chi connectivity index (χ3v) is 2.27. The van der Waals surface area contributed by atoms with Gasteiger partial charge in [-0.2, -0.15) is 0 Å². The second-order valence-corrected chi connectivity index (χ2v) is 3.52. The van der Waals surface area contributed by atoms with E-state index in [1.54, 1.807) is 10.6 Å². The summed E-state index contributed by atoms with van der Waals surface area (Å²) < 4.78 is 1.75. The number of nitrogens with zero attached hydrogens (tertiary/aromatic N) is 3. The number of hydrogen-bond donors (Lipinski definition) is 1. The van der Waals surface area contributed by atoms with Crippen LogP contribution in [0.1, 0.15) is 17.0 Å². The topological polar surface area (TPSA) is 67.5 Å². The lowest BCUT2D eigenvalue weighted by atomic mass is 10.3. The number of aliphatic carboxylic acids is 1. The van der Waals surface area contributed by atoms with Crippen LogP contribution in [-0.4, -0.2) is 25.4 Å². The second kappa shape index (κ2) is 3.34. The van der Waals surface area contributed by atoms with Crippen LogP contribution in [0.3, 0.4) is 0 Å². The molecule has 0 bridgehead atoms. The van der Waals surface area contributed by atoms with Gasteiger partial charge >= 0.3 is 5.97 Å². The number of imidazole rings is 1. The quantitative estimate of drug-likeness (QED) is 0.793. The molecular formula is C10H11N3O2. The molecule has 15 heavy (non-hydrogen) atoms. The Hall–Kier alpha value is -1.91. The first-order valence-corrected chi connectivity index (χ1v) is 4.60. The zero-order chi connectivity index (χ0) is 11.0. The summed E-state index contributed by atoms with van der Waals surface area (Å²) in [7, 11) is 0. The molecule has 0 saturated heterocycles. The van der Waals surface area contributed by atoms with Crippen molar-refractivity contribution >= 4 is 11.7 Å². The Morgan fingerprint density at radius 2 is 2.13 bits per heavy atom. The van der Waals surface area contributed by atoms with E-state index in [2.05, 4.69) is 9.97 Å². The van der Waals surface area contributed by atoms with Crippen LogP contribution in [-0.2, 0) is 11.2 Å². The fourth-order valence-corrected chi connectivity index (χ4v) is 1.39. The van der Waals surface area contributed by atoms with Crippen molar-refractivity contribution in [3.8, 4) is 0 Å². The molecule has 0 radical (unpaired) electrons. The Balaban J connectivity index is 2.51. The number of rotatable bonds is 2. The number of aromatic nitrogens is 3. The lowest BCUT2D eigenvalue weighted by Crippen LogP contribution is -1.99. The zero-order valence-electron chi connectivity index (χ0n) is 8.56. The molecule has 0 aliphatic heterocycles. The zero-order valence-corrected chi connectivity index (χ0v) is 8.56. The van der Waals surface area contributed by atoms with E-state index in [1.165, 1.54) is 0 Å². The minimum atomic E-state index is -0.883. The predicted octanol–water partition coefficient (Wildman–Crippen LogP) is 0.973. The van der Waals surface area contributed by atoms with E-state index in [9.17, 15) is 4.79 Å². The first-order chi connectivity index (χ1) is 7.06. The minimum Gasteiger partial charge on any atom is -0.481 e. The lowest BCUT2D eigenvalue weighted by molar-refractivity contribution is -0.136. The van der Waals surface area contributed by atoms with Crippen molar-refractivity contribution in [2.45, 2.75) is 20.3 Å². The molecule has 0 amide bonds. The minimum absolute atomic E-state index is 0.0680. The van der Waals surface area contributed by atoms with Crippen LogP contribution < -0.4 is 0 Å². The van der Waals surface area contributed by atoms with Gasteiger partial charge < -0.3 is 5.11 Å². The highest BCUT2D eigenvalue weighted by Gasteiger charge is 2.07. The highest BCUT2D eigenvalue weighted by Crippen LogP contribution is 2.08. The Kier molecular flexibility index (Phi) is 2.15. The fourth-order valence-electron chi connectivity index (χ4n) is 1.39. The van der Waals surface area contributed by atoms with Crippen molar-refractivity contribution in [3.63, 3.8) is 0 Å². The van der Waals surface area contributed by atoms with E-state index in [0.717, 1.165) is 11.3 Å². The number of carbonyl (C=O) groups is 1. The molecule has 0 fully saturated rings. The predicted molar refractivity (Wildman–Crippen MR) is 53.8 cm³/mol. The van der Waals surface area contributed by atoms with Gasteiger partial charge in [0.2, 0.25) is 5.78 Å². The maximum Gasteiger partial charge on any atom is 0.309 e. The summed E-state index contributed by atoms with van der Waals surface area (Å²) in [6.45, 7) is 3.86. The van der Waals surface area contributed by atoms with Crippen LogP contribution in [0, 0.1) is 13.8 Å². The van der Waals surface area contributed by atoms with Crippen molar-refractivity contribution in [1.29, 1.82) is 0 Å². The molecule has 0 aromatic carbocycles. The molecule has 78 valence electrons. The number of carboxylic acids is 1. The van der Waals surface area contributed by atoms with Crippen LogP contribution in [0.25, 0.3) is 5.78 Å². The number of aryl methyl sites for hydroxylation is 2. The normalized spacial score (nSPS) is 10.8. The Bertz CT molecular complexity index is 492. The van der Waals surface area contributed by atoms with E-state index in [4.69, 9.17) is 5.11 Å². The lowest BCUT2D eigenvalue weighted by Gasteiger charge is -1.98. The summed E-state index contributed by atoms with van der Waals surface area (Å²) in [4.78, 5) is 18.9. The van der Waals surface area contributed by atoms with E-state index >= 15 is 0 Å². The molecule has 2 rings (SSSR count). The van der Waals surface area contributed by atoms with Crippen LogP contribution in [0.2, 0.25) is 0 Å². The van der Waals surface area contributed by atoms with Crippen LogP contribution in [0.4, 0.5) is 0 Å². The molecule has 0 unspecified atom stereocenters. The monoisotopic (exact) mass is 205 g/mol. The van der Waals surface area contributed by atoms with Crippen molar-refractivity contribution in [2.24, 2.45) is 0 Å². The Labute approximate surface area is 86.4 Å². The summed E-state index contributed by atoms with van der Waals surface area (Å²) in [6, 6.07) is 0. The van der Waals surface area contributed by atoms with E-state index in [1.807, 2.05) is 20.0 Å². The van der Waals surface area contributed by atoms with Gasteiger partial charge in [-0.3, -0.25) is 9.20 Å². The molecule has 0 aliphatic rings. The average molecular weight is 205 g/mol. The standard InChI is InChI=1S/C10H11N3O2/c1-6-4-13-5-8(3-9(14)15)12-10(13)11-7(6)2/h4-5H,3H2,1-2H3,(H,14,15). The summed E-state index contributed by atoms with van der Waals surface area (Å²) in [6.07, 6.45) is 3.53. The number of fused-ring (bicyclic) bond motifs is 1. The van der Waals surface area contributed by atoms with Gasteiger partial charge in [0.25, 0.3) is 0 Å². The molecule has 0 saturated carbocycles. The number of carboxylic acid groups (broad SMARTS) is 1. The van der Waals surface area contributed by atoms with Crippen molar-refractivity contribution in [2.75, 3.05) is 0 Å². The molecule has 0 aliphatic carbocycles. The molecule has 0 spiro atoms. The van der Waals surface area contributed by atoms with E-state index in [-0.39, 0.29) is 6.42 Å². The van der Waals surface area contributed by atoms with Gasteiger partial charge in [0, 0.05) is 18.1 Å². The van der Waals surface area contributed by atoms with Gasteiger partial charge in [-0.05, 0) is 19.4 Å². The first-order valence-electron chi connectivity index (χ1n) is 4.60. The van der Waals surface area contributed by atoms with Crippen molar-refractivity contribution in [3.05, 3.63) is 29.3 Å². The van der Waals surface area contributed by atoms with E-state index in [0.29, 0.717) is 11.5 Å². The number of hydrogen-bond acceptors (Lipinski definition) is 3. The Morgan fingerprint density at radius 3 is 2.80 bits per heavy atom. The van der Waals surface area contributed by atoms with Crippen LogP contribution >= 0.6 is 0 Å². The molecule has 5 heteroatoms. The largest absolute Gasteiger partial charge is 0.481 e. The van der Waals surface area contributed by atoms with E-state index < -0.39 is 5.97 Å². The maximum absolute atomic E-state index is 10.5. The summed E-state index contributed by atoms with van der Waals surface area (Å²) >= 11 is 0. The third kappa shape index (κ3) is 1.81. The molecule has 2 aromatic heterocycles. The van der Waals surface area contributed by atoms with Gasteiger partial charge in [0.15, 0.2) is 0 Å². The molecule has 1 N–H and O–H groups in total. The average Bonchev–Trinajstić information content (AvgIpc) is 2.46. The summed E-state index contributed by atoms with van der Waals surface area (Å²) in [5, 5.41) is 8.63. The molecule has 0 atom stereocenters. The summed E-state index contributed by atoms with van der Waals surface area (Å²) in [5.74, 6) is -0.332. The molecule has 2 aromatic rings. The Morgan fingerprint density at radius 1 is 1.40 bits per heavy atom. The fraction of sp³-hybridized carbons (Fsp3) is 0.300. The smallest absolute Gasteiger partial charge is 0.309 e. The van der Waals surface area contributed by atoms with Gasteiger partial charge in [-0.15, -0.1) is 0 Å². The highest BCUT2D eigenvalue weighted by atomic mass is 16.4.